The van der Waals surface area contributed by atoms with Gasteiger partial charge in [-0.25, -0.2) is 22.4 Å². The SMILES string of the molecule is Cc1ccc(S(=O)(=O)n2cc(C)c3c(-c4nc5c(c(N6CCN(CC(N)=O)CC6C)n4)CN(c4cc(C(C)C)ccc4C)CC5)cccc32)cc1. The molecule has 2 N–H and O–H groups in total. The molecule has 2 aromatic heterocycles. The number of aryl methyl sites for hydroxylation is 3. The lowest BCUT2D eigenvalue weighted by molar-refractivity contribution is -0.119. The molecule has 2 aliphatic rings. The summed E-state index contributed by atoms with van der Waals surface area (Å²) in [6.45, 7) is 16.5. The van der Waals surface area contributed by atoms with E-state index in [0.717, 1.165) is 52.1 Å². The predicted molar refractivity (Wildman–Crippen MR) is 204 cm³/mol. The van der Waals surface area contributed by atoms with Crippen LogP contribution < -0.4 is 15.5 Å². The maximum Gasteiger partial charge on any atom is 0.268 e. The van der Waals surface area contributed by atoms with Crippen LogP contribution in [0.25, 0.3) is 22.3 Å². The van der Waals surface area contributed by atoms with Gasteiger partial charge in [0, 0.05) is 73.6 Å². The fourth-order valence-corrected chi connectivity index (χ4v) is 9.07. The van der Waals surface area contributed by atoms with Crippen LogP contribution in [-0.2, 0) is 27.8 Å². The van der Waals surface area contributed by atoms with Gasteiger partial charge in [-0.1, -0.05) is 55.8 Å². The maximum absolute atomic E-state index is 13.9. The molecule has 3 aromatic carbocycles. The molecule has 0 saturated carbocycles. The van der Waals surface area contributed by atoms with E-state index >= 15 is 0 Å². The van der Waals surface area contributed by atoms with Gasteiger partial charge in [0.15, 0.2) is 5.82 Å². The Morgan fingerprint density at radius 3 is 2.43 bits per heavy atom. The number of carbonyl (C=O) groups excluding carboxylic acids is 1. The van der Waals surface area contributed by atoms with E-state index in [2.05, 4.69) is 60.6 Å². The van der Waals surface area contributed by atoms with Crippen LogP contribution in [0.1, 0.15) is 60.2 Å². The number of carbonyl (C=O) groups is 1. The third-order valence-corrected chi connectivity index (χ3v) is 12.1. The predicted octanol–water partition coefficient (Wildman–Crippen LogP) is 5.94. The molecule has 0 spiro atoms. The topological polar surface area (TPSA) is 118 Å². The Hall–Kier alpha value is -4.74. The van der Waals surface area contributed by atoms with Crippen molar-refractivity contribution in [3.05, 3.63) is 100 Å². The molecular formula is C40H47N7O3S. The Labute approximate surface area is 301 Å². The molecule has 1 unspecified atom stereocenters. The summed E-state index contributed by atoms with van der Waals surface area (Å²) in [6.07, 6.45) is 2.45. The maximum atomic E-state index is 13.9. The largest absolute Gasteiger partial charge is 0.369 e. The van der Waals surface area contributed by atoms with Crippen LogP contribution >= 0.6 is 0 Å². The van der Waals surface area contributed by atoms with Gasteiger partial charge < -0.3 is 15.5 Å². The Morgan fingerprint density at radius 1 is 0.961 bits per heavy atom. The summed E-state index contributed by atoms with van der Waals surface area (Å²) < 4.78 is 29.2. The summed E-state index contributed by atoms with van der Waals surface area (Å²) in [7, 11) is -3.84. The highest BCUT2D eigenvalue weighted by Gasteiger charge is 2.32. The second-order valence-corrected chi connectivity index (χ2v) is 16.4. The van der Waals surface area contributed by atoms with E-state index < -0.39 is 10.0 Å². The zero-order valence-electron chi connectivity index (χ0n) is 30.3. The summed E-state index contributed by atoms with van der Waals surface area (Å²) in [4.78, 5) is 29.5. The van der Waals surface area contributed by atoms with Crippen molar-refractivity contribution in [2.75, 3.05) is 42.5 Å². The van der Waals surface area contributed by atoms with Gasteiger partial charge >= 0.3 is 0 Å². The molecule has 7 rings (SSSR count). The molecule has 5 aromatic rings. The number of fused-ring (bicyclic) bond motifs is 2. The van der Waals surface area contributed by atoms with Crippen LogP contribution in [0.4, 0.5) is 11.5 Å². The van der Waals surface area contributed by atoms with Crippen molar-refractivity contribution in [2.24, 2.45) is 5.73 Å². The number of hydrogen-bond donors (Lipinski definition) is 1. The number of aromatic nitrogens is 3. The molecule has 1 amide bonds. The molecule has 1 atom stereocenters. The highest BCUT2D eigenvalue weighted by Crippen LogP contribution is 2.38. The van der Waals surface area contributed by atoms with Crippen molar-refractivity contribution >= 4 is 38.3 Å². The van der Waals surface area contributed by atoms with Gasteiger partial charge in [0.1, 0.15) is 5.82 Å². The smallest absolute Gasteiger partial charge is 0.268 e. The number of anilines is 2. The zero-order valence-corrected chi connectivity index (χ0v) is 31.2. The number of nitrogens with two attached hydrogens (primary N) is 1. The van der Waals surface area contributed by atoms with Gasteiger partial charge in [-0.3, -0.25) is 9.69 Å². The Balaban J connectivity index is 1.35. The molecule has 0 bridgehead atoms. The Morgan fingerprint density at radius 2 is 1.73 bits per heavy atom. The van der Waals surface area contributed by atoms with Crippen LogP contribution in [0.2, 0.25) is 0 Å². The molecule has 0 aliphatic carbocycles. The number of nitrogens with zero attached hydrogens (tertiary/aromatic N) is 6. The summed E-state index contributed by atoms with van der Waals surface area (Å²) in [6, 6.07) is 19.5. The summed E-state index contributed by atoms with van der Waals surface area (Å²) in [5.41, 5.74) is 14.7. The first-order chi connectivity index (χ1) is 24.3. The fraction of sp³-hybridized carbons (Fsp3) is 0.375. The van der Waals surface area contributed by atoms with Crippen LogP contribution in [0, 0.1) is 20.8 Å². The summed E-state index contributed by atoms with van der Waals surface area (Å²) in [5.74, 6) is 1.58. The zero-order chi connectivity index (χ0) is 36.2. The first-order valence-corrected chi connectivity index (χ1v) is 19.2. The molecule has 1 saturated heterocycles. The number of benzene rings is 3. The van der Waals surface area contributed by atoms with Crippen LogP contribution in [-0.4, -0.2) is 71.9 Å². The van der Waals surface area contributed by atoms with Crippen molar-refractivity contribution in [3.63, 3.8) is 0 Å². The Bertz CT molecular complexity index is 2240. The van der Waals surface area contributed by atoms with Gasteiger partial charge in [-0.2, -0.15) is 0 Å². The van der Waals surface area contributed by atoms with Gasteiger partial charge in [0.2, 0.25) is 5.91 Å². The first-order valence-electron chi connectivity index (χ1n) is 17.8. The lowest BCUT2D eigenvalue weighted by atomic mass is 9.97. The molecule has 4 heterocycles. The number of primary amides is 1. The number of amides is 1. The molecule has 1 fully saturated rings. The lowest BCUT2D eigenvalue weighted by Crippen LogP contribution is -2.54. The second-order valence-electron chi connectivity index (χ2n) is 14.5. The van der Waals surface area contributed by atoms with Gasteiger partial charge in [-0.05, 0) is 74.6 Å². The van der Waals surface area contributed by atoms with E-state index in [9.17, 15) is 13.2 Å². The summed E-state index contributed by atoms with van der Waals surface area (Å²) in [5, 5.41) is 0.817. The second kappa shape index (κ2) is 13.4. The van der Waals surface area contributed by atoms with Crippen LogP contribution in [0.3, 0.4) is 0 Å². The van der Waals surface area contributed by atoms with Gasteiger partial charge in [-0.15, -0.1) is 0 Å². The minimum Gasteiger partial charge on any atom is -0.369 e. The Kier molecular flexibility index (Phi) is 9.14. The molecule has 51 heavy (non-hydrogen) atoms. The highest BCUT2D eigenvalue weighted by molar-refractivity contribution is 7.90. The average molecular weight is 706 g/mol. The molecule has 11 heteroatoms. The van der Waals surface area contributed by atoms with Crippen molar-refractivity contribution in [3.8, 4) is 11.4 Å². The first kappa shape index (κ1) is 34.7. The number of piperazine rings is 1. The van der Waals surface area contributed by atoms with E-state index in [4.69, 9.17) is 15.7 Å². The van der Waals surface area contributed by atoms with E-state index in [-0.39, 0.29) is 23.4 Å². The molecule has 266 valence electrons. The van der Waals surface area contributed by atoms with Crippen molar-refractivity contribution in [1.29, 1.82) is 0 Å². The van der Waals surface area contributed by atoms with E-state index in [1.807, 2.05) is 44.2 Å². The van der Waals surface area contributed by atoms with E-state index in [1.165, 1.54) is 20.8 Å². The van der Waals surface area contributed by atoms with Crippen molar-refractivity contribution < 1.29 is 13.2 Å². The minimum atomic E-state index is -3.84. The average Bonchev–Trinajstić information content (AvgIpc) is 3.45. The van der Waals surface area contributed by atoms with Crippen molar-refractivity contribution in [1.82, 2.24) is 18.8 Å². The van der Waals surface area contributed by atoms with Crippen LogP contribution in [0.15, 0.2) is 71.8 Å². The lowest BCUT2D eigenvalue weighted by Gasteiger charge is -2.42. The van der Waals surface area contributed by atoms with E-state index in [0.29, 0.717) is 43.4 Å². The minimum absolute atomic E-state index is 0.0737. The van der Waals surface area contributed by atoms with Gasteiger partial charge in [0.25, 0.3) is 10.0 Å². The quantitative estimate of drug-likeness (QED) is 0.211. The molecular weight excluding hydrogens is 659 g/mol. The fourth-order valence-electron chi connectivity index (χ4n) is 7.66. The monoisotopic (exact) mass is 705 g/mol. The standard InChI is InChI=1S/C40H47N7O3S/c1-25(2)30-13-12-27(4)36(20-30)45-17-16-34-33(23-45)40(46-19-18-44(22-29(46)6)24-37(41)48)43-39(42-34)32-8-7-9-35-38(32)28(5)21-47(35)51(49,50)31-14-10-26(3)11-15-31/h7-15,20-21,25,29H,16-19,22-24H2,1-6H3,(H2,41,48). The molecule has 10 nitrogen and oxygen atoms in total. The normalized spacial score (nSPS) is 17.0. The third-order valence-electron chi connectivity index (χ3n) is 10.4. The highest BCUT2D eigenvalue weighted by atomic mass is 32.2. The molecule has 0 radical (unpaired) electrons. The van der Waals surface area contributed by atoms with Crippen LogP contribution in [0.5, 0.6) is 0 Å². The van der Waals surface area contributed by atoms with E-state index in [1.54, 1.807) is 18.3 Å². The third kappa shape index (κ3) is 6.49. The van der Waals surface area contributed by atoms with Crippen molar-refractivity contribution in [2.45, 2.75) is 71.4 Å². The van der Waals surface area contributed by atoms with Gasteiger partial charge in [0.05, 0.1) is 22.7 Å². The number of hydrogen-bond acceptors (Lipinski definition) is 8. The number of rotatable bonds is 8. The summed E-state index contributed by atoms with van der Waals surface area (Å²) >= 11 is 0. The molecule has 2 aliphatic heterocycles.